The molecule has 0 fully saturated rings. The summed E-state index contributed by atoms with van der Waals surface area (Å²) in [4.78, 5) is 13.8. The van der Waals surface area contributed by atoms with E-state index in [0.717, 1.165) is 42.3 Å². The number of carbonyl (C=O) groups is 1. The second-order valence-electron chi connectivity index (χ2n) is 5.65. The van der Waals surface area contributed by atoms with Gasteiger partial charge in [-0.1, -0.05) is 12.1 Å². The number of benzene rings is 1. The summed E-state index contributed by atoms with van der Waals surface area (Å²) in [5.74, 6) is 2.64. The number of aryl methyl sites for hydroxylation is 1. The number of methoxy groups -OCH3 is 1. The Bertz CT molecular complexity index is 680. The third-order valence-electron chi connectivity index (χ3n) is 4.01. The Morgan fingerprint density at radius 1 is 1.35 bits per heavy atom. The molecule has 0 saturated carbocycles. The molecule has 2 amide bonds. The molecule has 23 heavy (non-hydrogen) atoms. The molecule has 0 unspecified atom stereocenters. The third kappa shape index (κ3) is 3.44. The van der Waals surface area contributed by atoms with Crippen LogP contribution >= 0.6 is 0 Å². The van der Waals surface area contributed by atoms with Crippen LogP contribution in [-0.2, 0) is 26.1 Å². The van der Waals surface area contributed by atoms with Crippen LogP contribution in [0.4, 0.5) is 4.79 Å². The van der Waals surface area contributed by atoms with Gasteiger partial charge in [-0.3, -0.25) is 0 Å². The summed E-state index contributed by atoms with van der Waals surface area (Å²) >= 11 is 0. The van der Waals surface area contributed by atoms with E-state index in [1.807, 2.05) is 24.3 Å². The summed E-state index contributed by atoms with van der Waals surface area (Å²) in [7, 11) is 3.41. The van der Waals surface area contributed by atoms with E-state index < -0.39 is 0 Å². The molecule has 1 N–H and O–H groups in total. The summed E-state index contributed by atoms with van der Waals surface area (Å²) in [6, 6.07) is 7.56. The Hall–Kier alpha value is -2.57. The van der Waals surface area contributed by atoms with Crippen molar-refractivity contribution in [2.45, 2.75) is 32.5 Å². The SMILES string of the molecule is COc1ccc(CN(C)C(=O)NCc2nnc3n2CCC3)cc1. The smallest absolute Gasteiger partial charge is 0.317 e. The van der Waals surface area contributed by atoms with E-state index in [0.29, 0.717) is 13.1 Å². The van der Waals surface area contributed by atoms with E-state index in [1.165, 1.54) is 0 Å². The third-order valence-corrected chi connectivity index (χ3v) is 4.01. The molecule has 1 aliphatic rings. The standard InChI is InChI=1S/C16H21N5O2/c1-20(11-12-5-7-13(23-2)8-6-12)16(22)17-10-15-19-18-14-4-3-9-21(14)15/h5-8H,3-4,9-11H2,1-2H3,(H,17,22). The van der Waals surface area contributed by atoms with Crippen molar-refractivity contribution in [1.82, 2.24) is 25.0 Å². The van der Waals surface area contributed by atoms with Gasteiger partial charge in [0.15, 0.2) is 5.82 Å². The number of ether oxygens (including phenoxy) is 1. The molecule has 0 atom stereocenters. The van der Waals surface area contributed by atoms with Crippen molar-refractivity contribution in [3.05, 3.63) is 41.5 Å². The quantitative estimate of drug-likeness (QED) is 0.909. The second-order valence-corrected chi connectivity index (χ2v) is 5.65. The Morgan fingerprint density at radius 2 is 2.13 bits per heavy atom. The number of hydrogen-bond donors (Lipinski definition) is 1. The molecule has 2 heterocycles. The predicted molar refractivity (Wildman–Crippen MR) is 85.0 cm³/mol. The molecule has 0 spiro atoms. The minimum absolute atomic E-state index is 0.129. The molecule has 0 aliphatic carbocycles. The van der Waals surface area contributed by atoms with Gasteiger partial charge in [-0.05, 0) is 24.1 Å². The Labute approximate surface area is 135 Å². The number of fused-ring (bicyclic) bond motifs is 1. The molecule has 0 radical (unpaired) electrons. The zero-order valence-corrected chi connectivity index (χ0v) is 13.5. The van der Waals surface area contributed by atoms with Gasteiger partial charge in [0.25, 0.3) is 0 Å². The predicted octanol–water partition coefficient (Wildman–Crippen LogP) is 1.57. The maximum Gasteiger partial charge on any atom is 0.317 e. The lowest BCUT2D eigenvalue weighted by molar-refractivity contribution is 0.206. The first-order valence-corrected chi connectivity index (χ1v) is 7.70. The molecule has 0 saturated heterocycles. The fraction of sp³-hybridized carbons (Fsp3) is 0.438. The number of urea groups is 1. The Morgan fingerprint density at radius 3 is 2.87 bits per heavy atom. The maximum absolute atomic E-state index is 12.2. The van der Waals surface area contributed by atoms with Gasteiger partial charge in [0.05, 0.1) is 13.7 Å². The summed E-state index contributed by atoms with van der Waals surface area (Å²) in [5.41, 5.74) is 1.05. The summed E-state index contributed by atoms with van der Waals surface area (Å²) in [6.07, 6.45) is 2.07. The van der Waals surface area contributed by atoms with Crippen LogP contribution in [0.2, 0.25) is 0 Å². The Kier molecular flexibility index (Phi) is 4.45. The number of aromatic nitrogens is 3. The average Bonchev–Trinajstić information content (AvgIpc) is 3.17. The van der Waals surface area contributed by atoms with Crippen molar-refractivity contribution in [1.29, 1.82) is 0 Å². The largest absolute Gasteiger partial charge is 0.497 e. The first-order valence-electron chi connectivity index (χ1n) is 7.70. The van der Waals surface area contributed by atoms with Crippen LogP contribution in [0.1, 0.15) is 23.6 Å². The monoisotopic (exact) mass is 315 g/mol. The van der Waals surface area contributed by atoms with Crippen LogP contribution < -0.4 is 10.1 Å². The molecule has 0 bridgehead atoms. The van der Waals surface area contributed by atoms with Crippen LogP contribution in [0, 0.1) is 0 Å². The van der Waals surface area contributed by atoms with Crippen molar-refractivity contribution in [2.24, 2.45) is 0 Å². The highest BCUT2D eigenvalue weighted by molar-refractivity contribution is 5.73. The molecule has 122 valence electrons. The molecule has 7 nitrogen and oxygen atoms in total. The topological polar surface area (TPSA) is 72.3 Å². The molecule has 1 aromatic heterocycles. The maximum atomic E-state index is 12.2. The molecule has 1 aromatic carbocycles. The molecule has 7 heteroatoms. The van der Waals surface area contributed by atoms with Crippen molar-refractivity contribution >= 4 is 6.03 Å². The number of carbonyl (C=O) groups excluding carboxylic acids is 1. The van der Waals surface area contributed by atoms with Gasteiger partial charge in [-0.25, -0.2) is 4.79 Å². The van der Waals surface area contributed by atoms with Crippen molar-refractivity contribution in [2.75, 3.05) is 14.2 Å². The fourth-order valence-electron chi connectivity index (χ4n) is 2.71. The zero-order chi connectivity index (χ0) is 16.2. The minimum atomic E-state index is -0.129. The lowest BCUT2D eigenvalue weighted by Crippen LogP contribution is -2.36. The highest BCUT2D eigenvalue weighted by atomic mass is 16.5. The minimum Gasteiger partial charge on any atom is -0.497 e. The number of nitrogens with zero attached hydrogens (tertiary/aromatic N) is 4. The first-order chi connectivity index (χ1) is 11.2. The number of hydrogen-bond acceptors (Lipinski definition) is 4. The van der Waals surface area contributed by atoms with Crippen LogP contribution in [0.15, 0.2) is 24.3 Å². The van der Waals surface area contributed by atoms with Gasteiger partial charge in [0.1, 0.15) is 11.6 Å². The molecule has 2 aromatic rings. The number of rotatable bonds is 5. The van der Waals surface area contributed by atoms with Gasteiger partial charge in [0, 0.05) is 26.6 Å². The van der Waals surface area contributed by atoms with E-state index in [2.05, 4.69) is 20.1 Å². The molecule has 3 rings (SSSR count). The van der Waals surface area contributed by atoms with Crippen LogP contribution in [0.5, 0.6) is 5.75 Å². The highest BCUT2D eigenvalue weighted by Crippen LogP contribution is 2.14. The summed E-state index contributed by atoms with van der Waals surface area (Å²) in [6.45, 7) is 1.88. The van der Waals surface area contributed by atoms with Gasteiger partial charge in [0.2, 0.25) is 0 Å². The van der Waals surface area contributed by atoms with Crippen molar-refractivity contribution in [3.63, 3.8) is 0 Å². The van der Waals surface area contributed by atoms with Crippen LogP contribution in [-0.4, -0.2) is 39.9 Å². The van der Waals surface area contributed by atoms with Gasteiger partial charge in [-0.2, -0.15) is 0 Å². The van der Waals surface area contributed by atoms with E-state index in [4.69, 9.17) is 4.74 Å². The first kappa shape index (κ1) is 15.3. The van der Waals surface area contributed by atoms with Gasteiger partial charge >= 0.3 is 6.03 Å². The number of nitrogens with one attached hydrogen (secondary N) is 1. The van der Waals surface area contributed by atoms with Crippen LogP contribution in [0.25, 0.3) is 0 Å². The zero-order valence-electron chi connectivity index (χ0n) is 13.5. The normalized spacial score (nSPS) is 12.8. The summed E-state index contributed by atoms with van der Waals surface area (Å²) < 4.78 is 7.22. The van der Waals surface area contributed by atoms with Gasteiger partial charge in [-0.15, -0.1) is 10.2 Å². The summed E-state index contributed by atoms with van der Waals surface area (Å²) in [5, 5.41) is 11.2. The van der Waals surface area contributed by atoms with E-state index in [1.54, 1.807) is 19.1 Å². The van der Waals surface area contributed by atoms with E-state index >= 15 is 0 Å². The van der Waals surface area contributed by atoms with E-state index in [9.17, 15) is 4.79 Å². The lowest BCUT2D eigenvalue weighted by atomic mass is 10.2. The number of amides is 2. The second kappa shape index (κ2) is 6.68. The average molecular weight is 315 g/mol. The molecular formula is C16H21N5O2. The molecule has 1 aliphatic heterocycles. The van der Waals surface area contributed by atoms with E-state index in [-0.39, 0.29) is 6.03 Å². The van der Waals surface area contributed by atoms with Crippen LogP contribution in [0.3, 0.4) is 0 Å². The highest BCUT2D eigenvalue weighted by Gasteiger charge is 2.18. The van der Waals surface area contributed by atoms with Crippen molar-refractivity contribution < 1.29 is 9.53 Å². The lowest BCUT2D eigenvalue weighted by Gasteiger charge is -2.18. The van der Waals surface area contributed by atoms with Crippen molar-refractivity contribution in [3.8, 4) is 5.75 Å². The Balaban J connectivity index is 1.52. The fourth-order valence-corrected chi connectivity index (χ4v) is 2.71. The molecular weight excluding hydrogens is 294 g/mol. The van der Waals surface area contributed by atoms with Gasteiger partial charge < -0.3 is 19.5 Å².